The minimum Gasteiger partial charge on any atom is -0.394 e. The number of rotatable bonds is 6. The summed E-state index contributed by atoms with van der Waals surface area (Å²) in [6.45, 7) is -0.352. The molecule has 29 heavy (non-hydrogen) atoms. The third-order valence-electron chi connectivity index (χ3n) is 4.03. The Hall–Kier alpha value is -3.36. The zero-order chi connectivity index (χ0) is 20.8. The zero-order valence-corrected chi connectivity index (χ0v) is 16.2. The van der Waals surface area contributed by atoms with E-state index in [4.69, 9.17) is 11.6 Å². The van der Waals surface area contributed by atoms with E-state index in [1.54, 1.807) is 42.6 Å². The monoisotopic (exact) mass is 411 g/mol. The molecular formula is C20H18ClN5O3. The van der Waals surface area contributed by atoms with Gasteiger partial charge in [-0.2, -0.15) is 9.78 Å². The Morgan fingerprint density at radius 3 is 2.72 bits per heavy atom. The molecule has 9 heteroatoms. The number of nitrogens with zero attached hydrogens (tertiary/aromatic N) is 4. The van der Waals surface area contributed by atoms with Crippen LogP contribution in [0.15, 0.2) is 64.6 Å². The highest BCUT2D eigenvalue weighted by Crippen LogP contribution is 2.20. The lowest BCUT2D eigenvalue weighted by atomic mass is 10.1. The van der Waals surface area contributed by atoms with Crippen LogP contribution < -0.4 is 10.9 Å². The summed E-state index contributed by atoms with van der Waals surface area (Å²) in [5, 5.41) is 16.9. The van der Waals surface area contributed by atoms with Crippen LogP contribution in [-0.4, -0.2) is 51.7 Å². The number of amides is 1. The molecule has 2 N–H and O–H groups in total. The molecule has 0 spiro atoms. The second-order valence-corrected chi connectivity index (χ2v) is 6.48. The number of benzene rings is 1. The Balaban J connectivity index is 2.14. The van der Waals surface area contributed by atoms with Crippen LogP contribution in [0.3, 0.4) is 0 Å². The van der Waals surface area contributed by atoms with Gasteiger partial charge in [0.1, 0.15) is 5.56 Å². The number of halogens is 1. The molecular weight excluding hydrogens is 394 g/mol. The Bertz CT molecular complexity index is 1080. The number of aliphatic hydroxyl groups excluding tert-OH is 1. The van der Waals surface area contributed by atoms with Crippen LogP contribution in [0.5, 0.6) is 0 Å². The Kier molecular flexibility index (Phi) is 6.48. The third-order valence-corrected chi connectivity index (χ3v) is 4.28. The van der Waals surface area contributed by atoms with Crippen LogP contribution in [-0.2, 0) is 0 Å². The number of nitrogens with one attached hydrogen (secondary N) is 1. The van der Waals surface area contributed by atoms with Gasteiger partial charge in [-0.05, 0) is 30.3 Å². The average molecular weight is 412 g/mol. The van der Waals surface area contributed by atoms with Crippen molar-refractivity contribution in [2.45, 2.75) is 6.04 Å². The first kappa shape index (κ1) is 20.4. The largest absolute Gasteiger partial charge is 0.394 e. The molecule has 0 saturated carbocycles. The van der Waals surface area contributed by atoms with E-state index in [0.717, 1.165) is 4.68 Å². The van der Waals surface area contributed by atoms with Crippen molar-refractivity contribution in [3.8, 4) is 16.9 Å². The predicted octanol–water partition coefficient (Wildman–Crippen LogP) is 1.74. The first-order chi connectivity index (χ1) is 14.0. The minimum atomic E-state index is -0.717. The van der Waals surface area contributed by atoms with Crippen LogP contribution in [0.25, 0.3) is 16.9 Å². The van der Waals surface area contributed by atoms with Crippen LogP contribution >= 0.6 is 11.6 Å². The smallest absolute Gasteiger partial charge is 0.284 e. The molecule has 0 fully saturated rings. The molecule has 8 nitrogen and oxygen atoms in total. The second kappa shape index (κ2) is 9.22. The quantitative estimate of drug-likeness (QED) is 0.600. The molecule has 2 aromatic heterocycles. The fourth-order valence-corrected chi connectivity index (χ4v) is 2.76. The van der Waals surface area contributed by atoms with Gasteiger partial charge in [0.05, 0.1) is 30.2 Å². The summed E-state index contributed by atoms with van der Waals surface area (Å²) < 4.78 is 1.12. The highest BCUT2D eigenvalue weighted by Gasteiger charge is 2.19. The topological polar surface area (TPSA) is 109 Å². The maximum atomic E-state index is 13.0. The van der Waals surface area contributed by atoms with Gasteiger partial charge in [0.2, 0.25) is 0 Å². The lowest BCUT2D eigenvalue weighted by Crippen LogP contribution is -2.42. The molecule has 148 valence electrons. The van der Waals surface area contributed by atoms with Gasteiger partial charge in [0.25, 0.3) is 11.5 Å². The number of hydrogen-bond donors (Lipinski definition) is 2. The summed E-state index contributed by atoms with van der Waals surface area (Å²) >= 11 is 5.95. The lowest BCUT2D eigenvalue weighted by Gasteiger charge is -2.14. The van der Waals surface area contributed by atoms with Crippen LogP contribution in [0, 0.1) is 0 Å². The minimum absolute atomic E-state index is 0.128. The molecule has 1 atom stereocenters. The van der Waals surface area contributed by atoms with Crippen LogP contribution in [0.2, 0.25) is 5.02 Å². The van der Waals surface area contributed by atoms with Gasteiger partial charge < -0.3 is 10.4 Å². The molecule has 3 aromatic rings. The van der Waals surface area contributed by atoms with Crippen molar-refractivity contribution >= 4 is 23.7 Å². The number of aliphatic imine (C=N–C) groups is 1. The molecule has 0 aliphatic rings. The van der Waals surface area contributed by atoms with Gasteiger partial charge in [-0.3, -0.25) is 19.6 Å². The van der Waals surface area contributed by atoms with Crippen molar-refractivity contribution in [1.82, 2.24) is 20.1 Å². The molecule has 0 radical (unpaired) electrons. The molecule has 3 rings (SSSR count). The lowest BCUT2D eigenvalue weighted by molar-refractivity contribution is 0.0932. The van der Waals surface area contributed by atoms with Crippen molar-refractivity contribution < 1.29 is 9.90 Å². The molecule has 0 unspecified atom stereocenters. The predicted molar refractivity (Wildman–Crippen MR) is 111 cm³/mol. The SMILES string of the molecule is C/N=C/[C@@H](CO)NC(=O)c1cc(-c2ccc(Cl)cc2)nn(-c2cccnc2)c1=O. The summed E-state index contributed by atoms with van der Waals surface area (Å²) in [6, 6.07) is 10.9. The highest BCUT2D eigenvalue weighted by molar-refractivity contribution is 6.30. The van der Waals surface area contributed by atoms with Crippen molar-refractivity contribution in [2.24, 2.45) is 4.99 Å². The van der Waals surface area contributed by atoms with Gasteiger partial charge in [-0.15, -0.1) is 0 Å². The van der Waals surface area contributed by atoms with Gasteiger partial charge in [-0.25, -0.2) is 0 Å². The molecule has 0 aliphatic heterocycles. The van der Waals surface area contributed by atoms with Gasteiger partial charge in [0.15, 0.2) is 0 Å². The Morgan fingerprint density at radius 2 is 2.10 bits per heavy atom. The van der Waals surface area contributed by atoms with Gasteiger partial charge in [0, 0.05) is 30.0 Å². The van der Waals surface area contributed by atoms with Crippen molar-refractivity contribution in [3.05, 3.63) is 75.8 Å². The molecule has 1 aromatic carbocycles. The maximum Gasteiger partial charge on any atom is 0.284 e. The van der Waals surface area contributed by atoms with E-state index >= 15 is 0 Å². The molecule has 0 bridgehead atoms. The van der Waals surface area contributed by atoms with E-state index in [1.807, 2.05) is 0 Å². The van der Waals surface area contributed by atoms with E-state index < -0.39 is 17.5 Å². The standard InChI is InChI=1S/C20H18ClN5O3/c1-22-10-15(12-27)24-19(28)17-9-18(13-4-6-14(21)7-5-13)25-26(20(17)29)16-3-2-8-23-11-16/h2-11,15,27H,12H2,1H3,(H,24,28)/b22-10+/t15-/m0/s1. The maximum absolute atomic E-state index is 13.0. The number of pyridine rings is 1. The van der Waals surface area contributed by atoms with Gasteiger partial charge in [-0.1, -0.05) is 23.7 Å². The fraction of sp³-hybridized carbons (Fsp3) is 0.150. The first-order valence-electron chi connectivity index (χ1n) is 8.68. The zero-order valence-electron chi connectivity index (χ0n) is 15.5. The van der Waals surface area contributed by atoms with E-state index in [2.05, 4.69) is 20.4 Å². The molecule has 1 amide bonds. The molecule has 0 saturated heterocycles. The first-order valence-corrected chi connectivity index (χ1v) is 9.06. The average Bonchev–Trinajstić information content (AvgIpc) is 2.74. The second-order valence-electron chi connectivity index (χ2n) is 6.05. The fourth-order valence-electron chi connectivity index (χ4n) is 2.63. The van der Waals surface area contributed by atoms with Crippen molar-refractivity contribution in [2.75, 3.05) is 13.7 Å². The number of carbonyl (C=O) groups is 1. The molecule has 2 heterocycles. The normalized spacial score (nSPS) is 12.1. The van der Waals surface area contributed by atoms with Gasteiger partial charge >= 0.3 is 0 Å². The third kappa shape index (κ3) is 4.74. The number of carbonyl (C=O) groups excluding carboxylic acids is 1. The Labute approximate surface area is 171 Å². The number of aliphatic hydroxyl groups is 1. The van der Waals surface area contributed by atoms with E-state index in [9.17, 15) is 14.7 Å². The summed E-state index contributed by atoms with van der Waals surface area (Å²) in [5.41, 5.74) is 0.751. The van der Waals surface area contributed by atoms with E-state index in [-0.39, 0.29) is 12.2 Å². The summed E-state index contributed by atoms with van der Waals surface area (Å²) in [6.07, 6.45) is 4.43. The summed E-state index contributed by atoms with van der Waals surface area (Å²) in [7, 11) is 1.52. The van der Waals surface area contributed by atoms with Crippen LogP contribution in [0.1, 0.15) is 10.4 Å². The Morgan fingerprint density at radius 1 is 1.34 bits per heavy atom. The van der Waals surface area contributed by atoms with Crippen molar-refractivity contribution in [1.29, 1.82) is 0 Å². The summed E-state index contributed by atoms with van der Waals surface area (Å²) in [4.78, 5) is 33.5. The van der Waals surface area contributed by atoms with Crippen molar-refractivity contribution in [3.63, 3.8) is 0 Å². The highest BCUT2D eigenvalue weighted by atomic mass is 35.5. The van der Waals surface area contributed by atoms with E-state index in [1.165, 1.54) is 25.5 Å². The molecule has 0 aliphatic carbocycles. The summed E-state index contributed by atoms with van der Waals surface area (Å²) in [5.74, 6) is -0.649. The number of hydrogen-bond acceptors (Lipinski definition) is 6. The van der Waals surface area contributed by atoms with Crippen LogP contribution in [0.4, 0.5) is 0 Å². The van der Waals surface area contributed by atoms with E-state index in [0.29, 0.717) is 22.0 Å². The number of aromatic nitrogens is 3.